The molecule has 0 aromatic heterocycles. The molecule has 0 aliphatic heterocycles. The van der Waals surface area contributed by atoms with Crippen molar-refractivity contribution in [2.45, 2.75) is 19.1 Å². The summed E-state index contributed by atoms with van der Waals surface area (Å²) in [5.74, 6) is -0.341. The molecule has 0 aliphatic rings. The zero-order valence-corrected chi connectivity index (χ0v) is 20.3. The number of hydrogen-bond acceptors (Lipinski definition) is 4. The van der Waals surface area contributed by atoms with Crippen molar-refractivity contribution >= 4 is 11.7 Å². The van der Waals surface area contributed by atoms with E-state index >= 15 is 0 Å². The Hall–Kier alpha value is -4.06. The van der Waals surface area contributed by atoms with Crippen molar-refractivity contribution in [2.75, 3.05) is 13.1 Å². The minimum absolute atomic E-state index is 0.00754. The van der Waals surface area contributed by atoms with Crippen molar-refractivity contribution < 1.29 is 14.4 Å². The number of hydroxylamine groups is 1. The van der Waals surface area contributed by atoms with E-state index < -0.39 is 5.60 Å². The van der Waals surface area contributed by atoms with Crippen molar-refractivity contribution in [2.24, 2.45) is 0 Å². The lowest BCUT2D eigenvalue weighted by Crippen LogP contribution is -2.44. The molecule has 0 bridgehead atoms. The highest BCUT2D eigenvalue weighted by Gasteiger charge is 2.39. The predicted octanol–water partition coefficient (Wildman–Crippen LogP) is 5.12. The molecule has 5 nitrogen and oxygen atoms in total. The van der Waals surface area contributed by atoms with Crippen molar-refractivity contribution in [3.8, 4) is 0 Å². The van der Waals surface area contributed by atoms with Gasteiger partial charge in [-0.15, -0.1) is 0 Å². The highest BCUT2D eigenvalue weighted by molar-refractivity contribution is 5.80. The summed E-state index contributed by atoms with van der Waals surface area (Å²) < 4.78 is 0. The minimum atomic E-state index is -1.07. The van der Waals surface area contributed by atoms with E-state index in [1.54, 1.807) is 0 Å². The summed E-state index contributed by atoms with van der Waals surface area (Å²) in [6.07, 6.45) is 0. The highest BCUT2D eigenvalue weighted by Crippen LogP contribution is 2.39. The smallest absolute Gasteiger partial charge is 0.257 e. The fraction of sp³-hybridized carbons (Fsp3) is 0.161. The van der Waals surface area contributed by atoms with Crippen molar-refractivity contribution in [1.82, 2.24) is 10.4 Å². The van der Waals surface area contributed by atoms with Crippen LogP contribution in [0.4, 0.5) is 0 Å². The van der Waals surface area contributed by atoms with Crippen LogP contribution in [0, 0.1) is 0 Å². The van der Waals surface area contributed by atoms with Crippen molar-refractivity contribution in [1.29, 1.82) is 0 Å². The second kappa shape index (κ2) is 12.1. The number of ketones is 1. The summed E-state index contributed by atoms with van der Waals surface area (Å²) in [4.78, 5) is 33.3. The van der Waals surface area contributed by atoms with Crippen LogP contribution >= 0.6 is 0 Å². The number of carbonyl (C=O) groups is 2. The lowest BCUT2D eigenvalue weighted by molar-refractivity contribution is -0.145. The van der Waals surface area contributed by atoms with Gasteiger partial charge in [0.05, 0.1) is 13.1 Å². The van der Waals surface area contributed by atoms with E-state index in [9.17, 15) is 9.59 Å². The van der Waals surface area contributed by atoms with E-state index in [2.05, 4.69) is 5.48 Å². The molecule has 0 saturated heterocycles. The summed E-state index contributed by atoms with van der Waals surface area (Å²) in [7, 11) is 0. The van der Waals surface area contributed by atoms with Gasteiger partial charge in [-0.05, 0) is 29.2 Å². The van der Waals surface area contributed by atoms with Crippen LogP contribution in [-0.2, 0) is 26.6 Å². The zero-order valence-electron chi connectivity index (χ0n) is 20.3. The van der Waals surface area contributed by atoms with Gasteiger partial charge in [0.2, 0.25) is 0 Å². The first-order valence-corrected chi connectivity index (χ1v) is 12.0. The first-order chi connectivity index (χ1) is 17.6. The predicted molar refractivity (Wildman–Crippen MR) is 141 cm³/mol. The van der Waals surface area contributed by atoms with E-state index in [0.29, 0.717) is 6.54 Å². The highest BCUT2D eigenvalue weighted by atomic mass is 16.7. The van der Waals surface area contributed by atoms with E-state index in [1.807, 2.05) is 126 Å². The Labute approximate surface area is 212 Å². The minimum Gasteiger partial charge on any atom is -0.299 e. The van der Waals surface area contributed by atoms with Crippen LogP contribution in [0.25, 0.3) is 0 Å². The monoisotopic (exact) mass is 478 g/mol. The van der Waals surface area contributed by atoms with Gasteiger partial charge in [-0.1, -0.05) is 121 Å². The number of Topliss-reactive ketones (excluding diaryl/α,β-unsaturated/α-hetero) is 1. The number of nitrogens with one attached hydrogen (secondary N) is 1. The molecule has 0 spiro atoms. The lowest BCUT2D eigenvalue weighted by atomic mass is 9.80. The third kappa shape index (κ3) is 6.13. The number of amides is 1. The molecule has 4 aromatic carbocycles. The molecular formula is C31H30N2O3. The van der Waals surface area contributed by atoms with E-state index in [0.717, 1.165) is 22.3 Å². The van der Waals surface area contributed by atoms with Crippen LogP contribution in [0.1, 0.15) is 29.2 Å². The Morgan fingerprint density at radius 2 is 1.08 bits per heavy atom. The van der Waals surface area contributed by atoms with Gasteiger partial charge in [-0.3, -0.25) is 19.3 Å². The molecule has 4 aromatic rings. The molecule has 0 unspecified atom stereocenters. The first-order valence-electron chi connectivity index (χ1n) is 12.0. The van der Waals surface area contributed by atoms with Gasteiger partial charge in [0, 0.05) is 6.54 Å². The Morgan fingerprint density at radius 1 is 0.667 bits per heavy atom. The summed E-state index contributed by atoms with van der Waals surface area (Å²) in [5, 5.41) is 0. The van der Waals surface area contributed by atoms with Crippen LogP contribution < -0.4 is 5.48 Å². The largest absolute Gasteiger partial charge is 0.299 e. The number of nitrogens with zero attached hydrogens (tertiary/aromatic N) is 1. The first kappa shape index (κ1) is 25.0. The van der Waals surface area contributed by atoms with Gasteiger partial charge < -0.3 is 0 Å². The van der Waals surface area contributed by atoms with Gasteiger partial charge in [0.25, 0.3) is 5.91 Å². The summed E-state index contributed by atoms with van der Waals surface area (Å²) in [5.41, 5.74) is 5.32. The molecule has 4 rings (SSSR count). The molecule has 0 radical (unpaired) electrons. The summed E-state index contributed by atoms with van der Waals surface area (Å²) >= 11 is 0. The Balaban J connectivity index is 1.63. The maximum atomic E-state index is 13.2. The fourth-order valence-electron chi connectivity index (χ4n) is 4.39. The fourth-order valence-corrected chi connectivity index (χ4v) is 4.39. The van der Waals surface area contributed by atoms with Crippen molar-refractivity contribution in [3.05, 3.63) is 144 Å². The SMILES string of the molecule is CC(=O)CN(CC(=O)NOC(c1ccccc1)(c1ccccc1)c1ccccc1)Cc1ccccc1. The number of rotatable bonds is 11. The molecule has 0 atom stereocenters. The normalized spacial score (nSPS) is 11.3. The number of carbonyl (C=O) groups excluding carboxylic acids is 2. The molecule has 0 aliphatic carbocycles. The molecule has 1 amide bonds. The van der Waals surface area contributed by atoms with Gasteiger partial charge >= 0.3 is 0 Å². The molecule has 0 saturated carbocycles. The average Bonchev–Trinajstić information content (AvgIpc) is 2.91. The Morgan fingerprint density at radius 3 is 1.50 bits per heavy atom. The molecular weight excluding hydrogens is 448 g/mol. The second-order valence-corrected chi connectivity index (χ2v) is 8.74. The average molecular weight is 479 g/mol. The van der Waals surface area contributed by atoms with Gasteiger partial charge in [0.15, 0.2) is 5.60 Å². The van der Waals surface area contributed by atoms with E-state index in [1.165, 1.54) is 6.92 Å². The maximum Gasteiger partial charge on any atom is 0.257 e. The van der Waals surface area contributed by atoms with Gasteiger partial charge in [-0.2, -0.15) is 0 Å². The van der Waals surface area contributed by atoms with Crippen molar-refractivity contribution in [3.63, 3.8) is 0 Å². The third-order valence-corrected chi connectivity index (χ3v) is 5.92. The van der Waals surface area contributed by atoms with Crippen LogP contribution in [0.3, 0.4) is 0 Å². The second-order valence-electron chi connectivity index (χ2n) is 8.74. The van der Waals surface area contributed by atoms with E-state index in [-0.39, 0.29) is 24.8 Å². The Bertz CT molecular complexity index is 1150. The quantitative estimate of drug-likeness (QED) is 0.240. The topological polar surface area (TPSA) is 58.6 Å². The van der Waals surface area contributed by atoms with Crippen LogP contribution in [-0.4, -0.2) is 29.7 Å². The molecule has 0 fully saturated rings. The third-order valence-electron chi connectivity index (χ3n) is 5.92. The zero-order chi connectivity index (χ0) is 25.2. The van der Waals surface area contributed by atoms with Gasteiger partial charge in [0.1, 0.15) is 5.78 Å². The van der Waals surface area contributed by atoms with Crippen LogP contribution in [0.5, 0.6) is 0 Å². The lowest BCUT2D eigenvalue weighted by Gasteiger charge is -2.35. The van der Waals surface area contributed by atoms with Gasteiger partial charge in [-0.25, -0.2) is 5.48 Å². The molecule has 0 heterocycles. The number of benzene rings is 4. The number of hydrogen-bond donors (Lipinski definition) is 1. The van der Waals surface area contributed by atoms with E-state index in [4.69, 9.17) is 4.84 Å². The Kier molecular flexibility index (Phi) is 8.40. The van der Waals surface area contributed by atoms with Crippen LogP contribution in [0.2, 0.25) is 0 Å². The maximum absolute atomic E-state index is 13.2. The van der Waals surface area contributed by atoms with Crippen LogP contribution in [0.15, 0.2) is 121 Å². The molecule has 1 N–H and O–H groups in total. The molecule has 36 heavy (non-hydrogen) atoms. The summed E-state index contributed by atoms with van der Waals surface area (Å²) in [6, 6.07) is 39.3. The summed E-state index contributed by atoms with van der Waals surface area (Å²) in [6.45, 7) is 2.19. The molecule has 182 valence electrons. The molecule has 5 heteroatoms. The standard InChI is InChI=1S/C31H30N2O3/c1-25(34)22-33(23-26-14-6-2-7-15-26)24-30(35)32-36-31(27-16-8-3-9-17-27,28-18-10-4-11-19-28)29-20-12-5-13-21-29/h2-21H,22-24H2,1H3,(H,32,35).